The van der Waals surface area contributed by atoms with E-state index in [1.165, 1.54) is 26.7 Å². The molecule has 2 N–H and O–H groups in total. The summed E-state index contributed by atoms with van der Waals surface area (Å²) < 4.78 is 1.19. The SMILES string of the molecule is Cc1cc(C)c([C@H](C)N)c(C)c1Br. The van der Waals surface area contributed by atoms with Crippen LogP contribution in [0.5, 0.6) is 0 Å². The van der Waals surface area contributed by atoms with Crippen LogP contribution >= 0.6 is 15.9 Å². The average Bonchev–Trinajstić information content (AvgIpc) is 1.99. The third-order valence-electron chi connectivity index (χ3n) is 2.39. The van der Waals surface area contributed by atoms with E-state index in [1.807, 2.05) is 6.92 Å². The van der Waals surface area contributed by atoms with E-state index in [-0.39, 0.29) is 6.04 Å². The second kappa shape index (κ2) is 3.81. The Kier molecular flexibility index (Phi) is 3.14. The van der Waals surface area contributed by atoms with Crippen LogP contribution in [0.1, 0.15) is 35.2 Å². The van der Waals surface area contributed by atoms with Crippen LogP contribution in [-0.2, 0) is 0 Å². The van der Waals surface area contributed by atoms with Gasteiger partial charge in [0.15, 0.2) is 0 Å². The summed E-state index contributed by atoms with van der Waals surface area (Å²) in [6, 6.07) is 2.28. The van der Waals surface area contributed by atoms with E-state index < -0.39 is 0 Å². The van der Waals surface area contributed by atoms with Crippen LogP contribution in [0.3, 0.4) is 0 Å². The highest BCUT2D eigenvalue weighted by molar-refractivity contribution is 9.10. The lowest BCUT2D eigenvalue weighted by molar-refractivity contribution is 0.799. The molecule has 1 nitrogen and oxygen atoms in total. The summed E-state index contributed by atoms with van der Waals surface area (Å²) in [6.07, 6.45) is 0. The zero-order valence-electron chi connectivity index (χ0n) is 8.61. The highest BCUT2D eigenvalue weighted by Gasteiger charge is 2.11. The van der Waals surface area contributed by atoms with Crippen LogP contribution in [0.4, 0.5) is 0 Å². The molecule has 0 aliphatic carbocycles. The molecule has 1 rings (SSSR count). The zero-order valence-corrected chi connectivity index (χ0v) is 10.2. The molecule has 0 fully saturated rings. The average molecular weight is 242 g/mol. The van der Waals surface area contributed by atoms with E-state index in [1.54, 1.807) is 0 Å². The topological polar surface area (TPSA) is 26.0 Å². The van der Waals surface area contributed by atoms with Gasteiger partial charge in [0.05, 0.1) is 0 Å². The lowest BCUT2D eigenvalue weighted by Gasteiger charge is -2.16. The number of hydrogen-bond acceptors (Lipinski definition) is 1. The van der Waals surface area contributed by atoms with Crippen molar-refractivity contribution in [2.24, 2.45) is 5.73 Å². The van der Waals surface area contributed by atoms with Gasteiger partial charge < -0.3 is 5.73 Å². The van der Waals surface area contributed by atoms with E-state index in [4.69, 9.17) is 5.73 Å². The van der Waals surface area contributed by atoms with Gasteiger partial charge in [-0.25, -0.2) is 0 Å². The zero-order chi connectivity index (χ0) is 10.2. The van der Waals surface area contributed by atoms with Crippen molar-refractivity contribution in [3.8, 4) is 0 Å². The highest BCUT2D eigenvalue weighted by atomic mass is 79.9. The van der Waals surface area contributed by atoms with Crippen molar-refractivity contribution in [3.63, 3.8) is 0 Å². The molecule has 1 aromatic carbocycles. The summed E-state index contributed by atoms with van der Waals surface area (Å²) >= 11 is 3.58. The second-order valence-electron chi connectivity index (χ2n) is 3.65. The number of rotatable bonds is 1. The summed E-state index contributed by atoms with van der Waals surface area (Å²) in [4.78, 5) is 0. The van der Waals surface area contributed by atoms with Crippen LogP contribution in [0, 0.1) is 20.8 Å². The molecule has 1 aromatic rings. The van der Waals surface area contributed by atoms with Gasteiger partial charge in [-0.05, 0) is 49.9 Å². The second-order valence-corrected chi connectivity index (χ2v) is 4.44. The maximum absolute atomic E-state index is 5.91. The molecule has 72 valence electrons. The Morgan fingerprint density at radius 1 is 1.23 bits per heavy atom. The maximum atomic E-state index is 5.91. The number of halogens is 1. The van der Waals surface area contributed by atoms with Gasteiger partial charge in [0, 0.05) is 10.5 Å². The van der Waals surface area contributed by atoms with Gasteiger partial charge in [-0.1, -0.05) is 22.0 Å². The normalized spacial score (nSPS) is 13.1. The molecule has 0 saturated heterocycles. The molecule has 0 aliphatic rings. The van der Waals surface area contributed by atoms with Crippen molar-refractivity contribution < 1.29 is 0 Å². The summed E-state index contributed by atoms with van der Waals surface area (Å²) in [6.45, 7) is 8.36. The lowest BCUT2D eigenvalue weighted by atomic mass is 9.95. The van der Waals surface area contributed by atoms with Gasteiger partial charge in [0.2, 0.25) is 0 Å². The molecule has 1 atom stereocenters. The van der Waals surface area contributed by atoms with Crippen molar-refractivity contribution in [2.75, 3.05) is 0 Å². The Labute approximate surface area is 88.5 Å². The van der Waals surface area contributed by atoms with Gasteiger partial charge >= 0.3 is 0 Å². The fourth-order valence-electron chi connectivity index (χ4n) is 1.88. The van der Waals surface area contributed by atoms with Gasteiger partial charge in [-0.3, -0.25) is 0 Å². The van der Waals surface area contributed by atoms with Gasteiger partial charge in [-0.15, -0.1) is 0 Å². The van der Waals surface area contributed by atoms with Crippen LogP contribution in [0.2, 0.25) is 0 Å². The molecule has 0 amide bonds. The molecule has 0 spiro atoms. The Bertz CT molecular complexity index is 329. The van der Waals surface area contributed by atoms with Crippen LogP contribution in [0.15, 0.2) is 10.5 Å². The molecule has 2 heteroatoms. The van der Waals surface area contributed by atoms with E-state index in [2.05, 4.69) is 42.8 Å². The van der Waals surface area contributed by atoms with Crippen molar-refractivity contribution in [1.29, 1.82) is 0 Å². The molecule has 0 bridgehead atoms. The van der Waals surface area contributed by atoms with E-state index in [9.17, 15) is 0 Å². The van der Waals surface area contributed by atoms with Crippen LogP contribution < -0.4 is 5.73 Å². The third kappa shape index (κ3) is 1.94. The number of hydrogen-bond donors (Lipinski definition) is 1. The Hall–Kier alpha value is -0.340. The van der Waals surface area contributed by atoms with Crippen molar-refractivity contribution >= 4 is 15.9 Å². The van der Waals surface area contributed by atoms with Crippen molar-refractivity contribution in [1.82, 2.24) is 0 Å². The minimum absolute atomic E-state index is 0.108. The minimum Gasteiger partial charge on any atom is -0.324 e. The molecular weight excluding hydrogens is 226 g/mol. The van der Waals surface area contributed by atoms with Gasteiger partial charge in [-0.2, -0.15) is 0 Å². The molecular formula is C11H16BrN. The van der Waals surface area contributed by atoms with Crippen LogP contribution in [-0.4, -0.2) is 0 Å². The molecule has 0 unspecified atom stereocenters. The third-order valence-corrected chi connectivity index (χ3v) is 3.61. The fraction of sp³-hybridized carbons (Fsp3) is 0.455. The summed E-state index contributed by atoms with van der Waals surface area (Å²) in [5, 5.41) is 0. The molecule has 0 radical (unpaired) electrons. The van der Waals surface area contributed by atoms with Gasteiger partial charge in [0.1, 0.15) is 0 Å². The predicted octanol–water partition coefficient (Wildman–Crippen LogP) is 3.39. The van der Waals surface area contributed by atoms with E-state index in [0.717, 1.165) is 0 Å². The van der Waals surface area contributed by atoms with Crippen LogP contribution in [0.25, 0.3) is 0 Å². The molecule has 0 aliphatic heterocycles. The first-order chi connectivity index (χ1) is 5.95. The number of aryl methyl sites for hydroxylation is 2. The smallest absolute Gasteiger partial charge is 0.0271 e. The Morgan fingerprint density at radius 3 is 2.23 bits per heavy atom. The Balaban J connectivity index is 3.44. The van der Waals surface area contributed by atoms with E-state index >= 15 is 0 Å². The first-order valence-corrected chi connectivity index (χ1v) is 5.26. The highest BCUT2D eigenvalue weighted by Crippen LogP contribution is 2.29. The molecule has 0 saturated carbocycles. The summed E-state index contributed by atoms with van der Waals surface area (Å²) in [5.41, 5.74) is 11.0. The summed E-state index contributed by atoms with van der Waals surface area (Å²) in [7, 11) is 0. The largest absolute Gasteiger partial charge is 0.324 e. The van der Waals surface area contributed by atoms with E-state index in [0.29, 0.717) is 0 Å². The first kappa shape index (κ1) is 10.7. The standard InChI is InChI=1S/C11H16BrN/c1-6-5-7(2)11(12)8(3)10(6)9(4)13/h5,9H,13H2,1-4H3/t9-/m0/s1. The predicted molar refractivity (Wildman–Crippen MR) is 61.0 cm³/mol. The number of benzene rings is 1. The monoisotopic (exact) mass is 241 g/mol. The molecule has 13 heavy (non-hydrogen) atoms. The number of nitrogens with two attached hydrogens (primary N) is 1. The molecule has 0 heterocycles. The quantitative estimate of drug-likeness (QED) is 0.802. The maximum Gasteiger partial charge on any atom is 0.0271 e. The fourth-order valence-corrected chi connectivity index (χ4v) is 2.20. The minimum atomic E-state index is 0.108. The van der Waals surface area contributed by atoms with Crippen molar-refractivity contribution in [2.45, 2.75) is 33.7 Å². The molecule has 0 aromatic heterocycles. The van der Waals surface area contributed by atoms with Gasteiger partial charge in [0.25, 0.3) is 0 Å². The van der Waals surface area contributed by atoms with Crippen molar-refractivity contribution in [3.05, 3.63) is 32.8 Å². The summed E-state index contributed by atoms with van der Waals surface area (Å²) in [5.74, 6) is 0. The first-order valence-electron chi connectivity index (χ1n) is 4.47. The Morgan fingerprint density at radius 2 is 1.77 bits per heavy atom. The lowest BCUT2D eigenvalue weighted by Crippen LogP contribution is -2.10.